The highest BCUT2D eigenvalue weighted by atomic mass is 32.2. The summed E-state index contributed by atoms with van der Waals surface area (Å²) < 4.78 is 30.7. The molecule has 7 heteroatoms. The number of isocyanates is 1. The summed E-state index contributed by atoms with van der Waals surface area (Å²) >= 11 is 0. The van der Waals surface area contributed by atoms with Crippen LogP contribution in [0.3, 0.4) is 0 Å². The highest BCUT2D eigenvalue weighted by molar-refractivity contribution is 7.90. The van der Waals surface area contributed by atoms with E-state index in [2.05, 4.69) is 4.40 Å². The van der Waals surface area contributed by atoms with Gasteiger partial charge in [0.1, 0.15) is 0 Å². The average molecular weight is 269 g/mol. The predicted molar refractivity (Wildman–Crippen MR) is 62.1 cm³/mol. The maximum atomic E-state index is 11.6. The third kappa shape index (κ3) is 3.80. The van der Waals surface area contributed by atoms with Crippen LogP contribution in [0.4, 0.5) is 0 Å². The van der Waals surface area contributed by atoms with Gasteiger partial charge in [0.05, 0.1) is 11.5 Å². The van der Waals surface area contributed by atoms with Crippen molar-refractivity contribution in [2.45, 2.75) is 18.2 Å². The molecular formula is C11H11NO5S. The smallest absolute Gasteiger partial charge is 0.302 e. The third-order valence-electron chi connectivity index (χ3n) is 2.08. The van der Waals surface area contributed by atoms with Gasteiger partial charge in [0.15, 0.2) is 0 Å². The summed E-state index contributed by atoms with van der Waals surface area (Å²) in [5.74, 6) is -0.443. The molecule has 1 rings (SSSR count). The number of nitrogens with zero attached hydrogens (tertiary/aromatic N) is 1. The van der Waals surface area contributed by atoms with Crippen molar-refractivity contribution in [3.63, 3.8) is 0 Å². The van der Waals surface area contributed by atoms with E-state index in [1.807, 2.05) is 0 Å². The lowest BCUT2D eigenvalue weighted by Crippen LogP contribution is -2.07. The van der Waals surface area contributed by atoms with Crippen molar-refractivity contribution in [2.24, 2.45) is 4.40 Å². The van der Waals surface area contributed by atoms with E-state index in [0.29, 0.717) is 5.56 Å². The van der Waals surface area contributed by atoms with E-state index in [1.165, 1.54) is 19.1 Å². The molecule has 0 radical (unpaired) electrons. The van der Waals surface area contributed by atoms with Gasteiger partial charge < -0.3 is 4.74 Å². The van der Waals surface area contributed by atoms with E-state index in [4.69, 9.17) is 4.74 Å². The number of hydrogen-bond acceptors (Lipinski definition) is 5. The molecule has 0 atom stereocenters. The van der Waals surface area contributed by atoms with E-state index in [1.54, 1.807) is 12.1 Å². The first-order valence-corrected chi connectivity index (χ1v) is 6.47. The molecule has 0 fully saturated rings. The van der Waals surface area contributed by atoms with Crippen LogP contribution >= 0.6 is 0 Å². The molecule has 0 aliphatic carbocycles. The fourth-order valence-electron chi connectivity index (χ4n) is 1.36. The second-order valence-corrected chi connectivity index (χ2v) is 4.93. The van der Waals surface area contributed by atoms with Crippen LogP contribution in [-0.4, -0.2) is 27.1 Å². The molecule has 0 unspecified atom stereocenters. The van der Waals surface area contributed by atoms with E-state index < -0.39 is 16.0 Å². The van der Waals surface area contributed by atoms with Crippen LogP contribution in [0.15, 0.2) is 33.6 Å². The second kappa shape index (κ2) is 6.09. The van der Waals surface area contributed by atoms with Gasteiger partial charge in [-0.1, -0.05) is 22.6 Å². The number of sulfonamides is 1. The molecule has 0 aromatic heterocycles. The Hall–Kier alpha value is -1.98. The van der Waals surface area contributed by atoms with E-state index >= 15 is 0 Å². The minimum absolute atomic E-state index is 0.0622. The minimum Gasteiger partial charge on any atom is -0.466 e. The fraction of sp³-hybridized carbons (Fsp3) is 0.273. The number of rotatable bonds is 5. The molecule has 0 amide bonds. The Morgan fingerprint density at radius 3 is 2.67 bits per heavy atom. The summed E-state index contributed by atoms with van der Waals surface area (Å²) in [6.07, 6.45) is 1.24. The maximum absolute atomic E-state index is 11.6. The molecule has 1 aromatic carbocycles. The number of carbonyl (C=O) groups is 1. The Bertz CT molecular complexity index is 587. The lowest BCUT2D eigenvalue weighted by atomic mass is 10.2. The van der Waals surface area contributed by atoms with Crippen LogP contribution in [0.2, 0.25) is 0 Å². The lowest BCUT2D eigenvalue weighted by molar-refractivity contribution is -0.140. The zero-order valence-corrected chi connectivity index (χ0v) is 10.4. The molecule has 0 saturated heterocycles. The number of esters is 1. The van der Waals surface area contributed by atoms with Gasteiger partial charge in [-0.15, -0.1) is 0 Å². The molecule has 0 aliphatic rings. The normalized spacial score (nSPS) is 10.5. The number of ether oxygens (including phenoxy) is 1. The first-order valence-electron chi connectivity index (χ1n) is 5.03. The molecule has 6 nitrogen and oxygen atoms in total. The third-order valence-corrected chi connectivity index (χ3v) is 3.35. The van der Waals surface area contributed by atoms with Crippen molar-refractivity contribution in [3.05, 3.63) is 29.8 Å². The highest BCUT2D eigenvalue weighted by Crippen LogP contribution is 2.18. The molecule has 18 heavy (non-hydrogen) atoms. The van der Waals surface area contributed by atoms with E-state index in [-0.39, 0.29) is 17.9 Å². The molecule has 0 aliphatic heterocycles. The topological polar surface area (TPSA) is 89.9 Å². The minimum atomic E-state index is -4.03. The molecule has 96 valence electrons. The highest BCUT2D eigenvalue weighted by Gasteiger charge is 2.16. The van der Waals surface area contributed by atoms with Gasteiger partial charge in [0, 0.05) is 13.3 Å². The standard InChI is InChI=1S/C11H11NO5S/c1-9(14)17-7-6-10-4-2-3-5-11(10)18(15,16)12-8-13/h2-5H,6-7H2,1H3. The average Bonchev–Trinajstić information content (AvgIpc) is 2.29. The number of carbonyl (C=O) groups excluding carboxylic acids is 2. The number of hydrogen-bond donors (Lipinski definition) is 0. The van der Waals surface area contributed by atoms with Crippen LogP contribution < -0.4 is 0 Å². The number of benzene rings is 1. The predicted octanol–water partition coefficient (Wildman–Crippen LogP) is 0.817. The Balaban J connectivity index is 3.00. The van der Waals surface area contributed by atoms with Crippen molar-refractivity contribution in [2.75, 3.05) is 6.61 Å². The molecule has 0 heterocycles. The summed E-state index contributed by atoms with van der Waals surface area (Å²) in [6, 6.07) is 6.06. The zero-order chi connectivity index (χ0) is 13.6. The lowest BCUT2D eigenvalue weighted by Gasteiger charge is -2.06. The van der Waals surface area contributed by atoms with Gasteiger partial charge in [-0.25, -0.2) is 4.79 Å². The maximum Gasteiger partial charge on any atom is 0.302 e. The van der Waals surface area contributed by atoms with E-state index in [0.717, 1.165) is 6.08 Å². The molecule has 0 bridgehead atoms. The molecule has 0 spiro atoms. The van der Waals surface area contributed by atoms with Crippen molar-refractivity contribution >= 4 is 22.1 Å². The fourth-order valence-corrected chi connectivity index (χ4v) is 2.31. The van der Waals surface area contributed by atoms with Crippen molar-refractivity contribution in [1.29, 1.82) is 0 Å². The van der Waals surface area contributed by atoms with Gasteiger partial charge in [0.2, 0.25) is 0 Å². The van der Waals surface area contributed by atoms with Crippen LogP contribution in [-0.2, 0) is 30.8 Å². The Morgan fingerprint density at radius 2 is 2.06 bits per heavy atom. The monoisotopic (exact) mass is 269 g/mol. The molecular weight excluding hydrogens is 258 g/mol. The first-order chi connectivity index (χ1) is 8.47. The van der Waals surface area contributed by atoms with Gasteiger partial charge in [-0.2, -0.15) is 8.42 Å². The van der Waals surface area contributed by atoms with Crippen LogP contribution in [0.5, 0.6) is 0 Å². The van der Waals surface area contributed by atoms with Crippen molar-refractivity contribution in [3.8, 4) is 0 Å². The van der Waals surface area contributed by atoms with Gasteiger partial charge in [0.25, 0.3) is 16.1 Å². The summed E-state index contributed by atoms with van der Waals surface area (Å²) in [4.78, 5) is 20.6. The quantitative estimate of drug-likeness (QED) is 0.448. The van der Waals surface area contributed by atoms with Crippen molar-refractivity contribution in [1.82, 2.24) is 0 Å². The van der Waals surface area contributed by atoms with Crippen molar-refractivity contribution < 1.29 is 22.7 Å². The Labute approximate surface area is 104 Å². The molecule has 0 saturated carbocycles. The largest absolute Gasteiger partial charge is 0.466 e. The Morgan fingerprint density at radius 1 is 1.39 bits per heavy atom. The SMILES string of the molecule is CC(=O)OCCc1ccccc1S(=O)(=O)N=C=O. The summed E-state index contributed by atoms with van der Waals surface area (Å²) in [5.41, 5.74) is 0.428. The van der Waals surface area contributed by atoms with Crippen LogP contribution in [0.1, 0.15) is 12.5 Å². The van der Waals surface area contributed by atoms with Crippen LogP contribution in [0.25, 0.3) is 0 Å². The Kier molecular flexibility index (Phi) is 4.76. The summed E-state index contributed by atoms with van der Waals surface area (Å²) in [7, 11) is -4.03. The summed E-state index contributed by atoms with van der Waals surface area (Å²) in [5, 5.41) is 0. The second-order valence-electron chi connectivity index (χ2n) is 3.36. The van der Waals surface area contributed by atoms with Gasteiger partial charge in [-0.05, 0) is 11.6 Å². The first kappa shape index (κ1) is 14.1. The zero-order valence-electron chi connectivity index (χ0n) is 9.62. The van der Waals surface area contributed by atoms with Gasteiger partial charge >= 0.3 is 5.97 Å². The van der Waals surface area contributed by atoms with Gasteiger partial charge in [-0.3, -0.25) is 4.79 Å². The summed E-state index contributed by atoms with van der Waals surface area (Å²) in [6.45, 7) is 1.33. The molecule has 0 N–H and O–H groups in total. The molecule has 1 aromatic rings. The van der Waals surface area contributed by atoms with E-state index in [9.17, 15) is 18.0 Å². The van der Waals surface area contributed by atoms with Crippen LogP contribution in [0, 0.1) is 0 Å².